The van der Waals surface area contributed by atoms with Gasteiger partial charge in [0.1, 0.15) is 6.04 Å². The van der Waals surface area contributed by atoms with E-state index in [4.69, 9.17) is 9.84 Å². The van der Waals surface area contributed by atoms with Crippen molar-refractivity contribution < 1.29 is 19.4 Å². The monoisotopic (exact) mass is 454 g/mol. The third kappa shape index (κ3) is 3.89. The molecule has 0 saturated heterocycles. The predicted octanol–water partition coefficient (Wildman–Crippen LogP) is 2.56. The zero-order valence-corrected chi connectivity index (χ0v) is 18.3. The molecule has 0 aliphatic carbocycles. The maximum absolute atomic E-state index is 13.3. The lowest BCUT2D eigenvalue weighted by atomic mass is 10.0. The molecule has 1 N–H and O–H groups in total. The molecule has 9 heteroatoms. The molecule has 7 nitrogen and oxygen atoms in total. The first-order valence-corrected chi connectivity index (χ1v) is 11.2. The van der Waals surface area contributed by atoms with Crippen molar-refractivity contribution in [3.63, 3.8) is 0 Å². The second kappa shape index (κ2) is 8.44. The molecule has 1 aliphatic rings. The molecule has 0 radical (unpaired) electrons. The summed E-state index contributed by atoms with van der Waals surface area (Å²) in [6.45, 7) is 3.71. The van der Waals surface area contributed by atoms with E-state index in [1.165, 1.54) is 39.4 Å². The van der Waals surface area contributed by atoms with Gasteiger partial charge in [-0.3, -0.25) is 9.36 Å². The molecule has 0 saturated carbocycles. The van der Waals surface area contributed by atoms with Gasteiger partial charge in [-0.25, -0.2) is 14.6 Å². The third-order valence-electron chi connectivity index (χ3n) is 4.79. The van der Waals surface area contributed by atoms with Crippen LogP contribution in [0.3, 0.4) is 0 Å². The number of carbonyl (C=O) groups is 2. The number of nitrogens with zero attached hydrogens (tertiary/aromatic N) is 2. The molecule has 4 rings (SSSR count). The quantitative estimate of drug-likeness (QED) is 0.598. The fourth-order valence-electron chi connectivity index (χ4n) is 3.38. The molecule has 1 aliphatic heterocycles. The molecule has 1 aromatic carbocycles. The zero-order valence-electron chi connectivity index (χ0n) is 16.7. The summed E-state index contributed by atoms with van der Waals surface area (Å²) in [5.74, 6) is -1.50. The van der Waals surface area contributed by atoms with E-state index in [-0.39, 0.29) is 17.7 Å². The van der Waals surface area contributed by atoms with E-state index in [0.717, 1.165) is 4.88 Å². The molecule has 3 heterocycles. The second-order valence-electron chi connectivity index (χ2n) is 6.74. The first-order valence-electron chi connectivity index (χ1n) is 9.47. The average molecular weight is 455 g/mol. The van der Waals surface area contributed by atoms with Gasteiger partial charge < -0.3 is 9.84 Å². The van der Waals surface area contributed by atoms with Crippen LogP contribution in [0.4, 0.5) is 0 Å². The molecule has 0 bridgehead atoms. The highest BCUT2D eigenvalue weighted by molar-refractivity contribution is 7.10. The van der Waals surface area contributed by atoms with Crippen molar-refractivity contribution in [1.29, 1.82) is 0 Å². The standard InChI is InChI=1S/C22H18N2O5S2/c1-3-29-21(28)17-12(2)23-22-24(18(17)15-5-4-10-30-15)19(25)16(31-22)11-13-6-8-14(9-7-13)20(26)27/h4-11,18H,3H2,1-2H3,(H,26,27). The van der Waals surface area contributed by atoms with Gasteiger partial charge in [-0.1, -0.05) is 29.5 Å². The third-order valence-corrected chi connectivity index (χ3v) is 6.69. The van der Waals surface area contributed by atoms with E-state index in [0.29, 0.717) is 26.2 Å². The molecule has 158 valence electrons. The number of allylic oxidation sites excluding steroid dienone is 1. The molecule has 1 atom stereocenters. The highest BCUT2D eigenvalue weighted by Gasteiger charge is 2.33. The van der Waals surface area contributed by atoms with Crippen LogP contribution >= 0.6 is 22.7 Å². The number of thiophene rings is 1. The summed E-state index contributed by atoms with van der Waals surface area (Å²) in [4.78, 5) is 43.0. The molecular weight excluding hydrogens is 436 g/mol. The Hall–Kier alpha value is -3.30. The number of benzene rings is 1. The maximum atomic E-state index is 13.3. The molecule has 3 aromatic rings. The van der Waals surface area contributed by atoms with Crippen LogP contribution < -0.4 is 14.9 Å². The number of thiazole rings is 1. The van der Waals surface area contributed by atoms with E-state index in [2.05, 4.69) is 4.99 Å². The van der Waals surface area contributed by atoms with Gasteiger partial charge in [0.15, 0.2) is 4.80 Å². The van der Waals surface area contributed by atoms with Crippen molar-refractivity contribution in [2.45, 2.75) is 19.9 Å². The summed E-state index contributed by atoms with van der Waals surface area (Å²) in [5.41, 5.74) is 1.48. The van der Waals surface area contributed by atoms with E-state index in [9.17, 15) is 14.4 Å². The number of carboxylic acids is 1. The smallest absolute Gasteiger partial charge is 0.338 e. The SMILES string of the molecule is CCOC(=O)C1=C(C)N=c2sc(=Cc3ccc(C(=O)O)cc3)c(=O)n2C1c1cccs1. The maximum Gasteiger partial charge on any atom is 0.338 e. The molecule has 31 heavy (non-hydrogen) atoms. The van der Waals surface area contributed by atoms with Crippen LogP contribution in [-0.2, 0) is 9.53 Å². The lowest BCUT2D eigenvalue weighted by molar-refractivity contribution is -0.139. The van der Waals surface area contributed by atoms with Crippen molar-refractivity contribution in [3.05, 3.63) is 88.7 Å². The Morgan fingerprint density at radius 3 is 2.61 bits per heavy atom. The number of ether oxygens (including phenoxy) is 1. The summed E-state index contributed by atoms with van der Waals surface area (Å²) < 4.78 is 7.23. The van der Waals surface area contributed by atoms with Gasteiger partial charge in [0.05, 0.1) is 28.0 Å². The largest absolute Gasteiger partial charge is 0.478 e. The minimum atomic E-state index is -1.01. The number of hydrogen-bond donors (Lipinski definition) is 1. The van der Waals surface area contributed by atoms with Crippen molar-refractivity contribution in [2.24, 2.45) is 4.99 Å². The van der Waals surface area contributed by atoms with Gasteiger partial charge in [-0.05, 0) is 49.1 Å². The van der Waals surface area contributed by atoms with Crippen molar-refractivity contribution in [2.75, 3.05) is 6.61 Å². The number of hydrogen-bond acceptors (Lipinski definition) is 7. The number of rotatable bonds is 5. The topological polar surface area (TPSA) is 98.0 Å². The lowest BCUT2D eigenvalue weighted by Gasteiger charge is -2.23. The molecular formula is C22H18N2O5S2. The summed E-state index contributed by atoms with van der Waals surface area (Å²) >= 11 is 2.69. The lowest BCUT2D eigenvalue weighted by Crippen LogP contribution is -2.39. The van der Waals surface area contributed by atoms with Crippen molar-refractivity contribution in [3.8, 4) is 0 Å². The fourth-order valence-corrected chi connectivity index (χ4v) is 5.25. The van der Waals surface area contributed by atoms with Crippen LogP contribution in [-0.4, -0.2) is 28.2 Å². The van der Waals surface area contributed by atoms with E-state index in [1.54, 1.807) is 32.1 Å². The molecule has 2 aromatic heterocycles. The Balaban J connectivity index is 1.88. The Kier molecular flexibility index (Phi) is 5.71. The Labute approximate surface area is 184 Å². The molecule has 0 spiro atoms. The fraction of sp³-hybridized carbons (Fsp3) is 0.182. The summed E-state index contributed by atoms with van der Waals surface area (Å²) in [6, 6.07) is 9.42. The number of aromatic nitrogens is 1. The Bertz CT molecular complexity index is 1360. The number of fused-ring (bicyclic) bond motifs is 1. The zero-order chi connectivity index (χ0) is 22.1. The first kappa shape index (κ1) is 21.0. The number of carbonyl (C=O) groups excluding carboxylic acids is 1. The van der Waals surface area contributed by atoms with Crippen LogP contribution in [0.2, 0.25) is 0 Å². The van der Waals surface area contributed by atoms with E-state index in [1.807, 2.05) is 17.5 Å². The minimum absolute atomic E-state index is 0.172. The van der Waals surface area contributed by atoms with Gasteiger partial charge in [0.2, 0.25) is 0 Å². The summed E-state index contributed by atoms with van der Waals surface area (Å²) in [6.07, 6.45) is 1.70. The number of carboxylic acid groups (broad SMARTS) is 1. The minimum Gasteiger partial charge on any atom is -0.478 e. The van der Waals surface area contributed by atoms with Crippen LogP contribution in [0.1, 0.15) is 40.7 Å². The van der Waals surface area contributed by atoms with Crippen LogP contribution in [0.25, 0.3) is 6.08 Å². The number of aromatic carboxylic acids is 1. The summed E-state index contributed by atoms with van der Waals surface area (Å²) in [7, 11) is 0. The molecule has 0 amide bonds. The second-order valence-corrected chi connectivity index (χ2v) is 8.73. The van der Waals surface area contributed by atoms with Gasteiger partial charge >= 0.3 is 11.9 Å². The van der Waals surface area contributed by atoms with Crippen molar-refractivity contribution in [1.82, 2.24) is 4.57 Å². The molecule has 1 unspecified atom stereocenters. The molecule has 0 fully saturated rings. The van der Waals surface area contributed by atoms with Crippen LogP contribution in [0, 0.1) is 0 Å². The Morgan fingerprint density at radius 2 is 2.00 bits per heavy atom. The van der Waals surface area contributed by atoms with Gasteiger partial charge in [0.25, 0.3) is 5.56 Å². The van der Waals surface area contributed by atoms with E-state index >= 15 is 0 Å². The van der Waals surface area contributed by atoms with Crippen LogP contribution in [0.15, 0.2) is 62.8 Å². The van der Waals surface area contributed by atoms with E-state index < -0.39 is 18.0 Å². The van der Waals surface area contributed by atoms with Gasteiger partial charge in [-0.2, -0.15) is 0 Å². The van der Waals surface area contributed by atoms with Crippen LogP contribution in [0.5, 0.6) is 0 Å². The van der Waals surface area contributed by atoms with Gasteiger partial charge in [-0.15, -0.1) is 11.3 Å². The normalized spacial score (nSPS) is 16.1. The van der Waals surface area contributed by atoms with Gasteiger partial charge in [0, 0.05) is 4.88 Å². The number of esters is 1. The highest BCUT2D eigenvalue weighted by atomic mass is 32.1. The average Bonchev–Trinajstić information content (AvgIpc) is 3.36. The predicted molar refractivity (Wildman–Crippen MR) is 118 cm³/mol. The Morgan fingerprint density at radius 1 is 1.26 bits per heavy atom. The highest BCUT2D eigenvalue weighted by Crippen LogP contribution is 2.33. The van der Waals surface area contributed by atoms with Crippen molar-refractivity contribution >= 4 is 40.7 Å². The first-order chi connectivity index (χ1) is 14.9. The summed E-state index contributed by atoms with van der Waals surface area (Å²) in [5, 5.41) is 11.0.